The van der Waals surface area contributed by atoms with Crippen LogP contribution in [0.5, 0.6) is 0 Å². The normalized spacial score (nSPS) is 13.4. The predicted octanol–water partition coefficient (Wildman–Crippen LogP) is 4.20. The number of quaternary nitrogens is 1. The van der Waals surface area contributed by atoms with Crippen molar-refractivity contribution >= 4 is 0 Å². The first-order chi connectivity index (χ1) is 10.5. The lowest BCUT2D eigenvalue weighted by Crippen LogP contribution is -2.40. The first kappa shape index (κ1) is 24.1. The molecule has 0 aliphatic heterocycles. The van der Waals surface area contributed by atoms with Gasteiger partial charge in [0.2, 0.25) is 0 Å². The highest BCUT2D eigenvalue weighted by atomic mass is 16.5. The van der Waals surface area contributed by atoms with E-state index < -0.39 is 0 Å². The van der Waals surface area contributed by atoms with Crippen LogP contribution in [0.1, 0.15) is 84.5 Å². The van der Waals surface area contributed by atoms with Crippen LogP contribution in [0.25, 0.3) is 0 Å². The number of hydrogen-bond donors (Lipinski definition) is 2. The lowest BCUT2D eigenvalue weighted by atomic mass is 10.1. The quantitative estimate of drug-likeness (QED) is 0.286. The molecular formula is C18H42N2O2. The van der Waals surface area contributed by atoms with Crippen molar-refractivity contribution in [3.63, 3.8) is 0 Å². The zero-order valence-corrected chi connectivity index (χ0v) is 15.5. The summed E-state index contributed by atoms with van der Waals surface area (Å²) in [6.45, 7) is 6.00. The fraction of sp³-hybridized carbons (Fsp3) is 1.00. The van der Waals surface area contributed by atoms with Gasteiger partial charge < -0.3 is 20.7 Å². The minimum atomic E-state index is -0.312. The van der Waals surface area contributed by atoms with E-state index in [2.05, 4.69) is 6.92 Å². The van der Waals surface area contributed by atoms with Crippen LogP contribution in [0.2, 0.25) is 0 Å². The van der Waals surface area contributed by atoms with Crippen LogP contribution in [0, 0.1) is 5.21 Å². The molecule has 0 heterocycles. The maximum atomic E-state index is 11.1. The Bertz CT molecular complexity index is 182. The summed E-state index contributed by atoms with van der Waals surface area (Å²) in [6, 6.07) is 0. The largest absolute Gasteiger partial charge is 0.633 e. The number of rotatable bonds is 14. The van der Waals surface area contributed by atoms with Crippen molar-refractivity contribution in [3.8, 4) is 0 Å². The second-order valence-electron chi connectivity index (χ2n) is 6.44. The van der Waals surface area contributed by atoms with E-state index >= 15 is 0 Å². The molecule has 0 saturated carbocycles. The van der Waals surface area contributed by atoms with E-state index in [0.29, 0.717) is 13.1 Å². The maximum absolute atomic E-state index is 11.1. The molecule has 4 nitrogen and oxygen atoms in total. The molecule has 0 aromatic heterocycles. The van der Waals surface area contributed by atoms with Gasteiger partial charge in [-0.3, -0.25) is 0 Å². The Balaban J connectivity index is 0. The molecule has 0 aromatic rings. The molecule has 0 saturated heterocycles. The number of hydroxylamine groups is 3. The Labute approximate surface area is 139 Å². The summed E-state index contributed by atoms with van der Waals surface area (Å²) in [5, 5.41) is 19.5. The molecule has 0 rings (SSSR count). The van der Waals surface area contributed by atoms with Gasteiger partial charge in [0.25, 0.3) is 0 Å². The average molecular weight is 319 g/mol. The zero-order valence-electron chi connectivity index (χ0n) is 15.5. The number of nitrogens with zero attached hydrogens (tertiary/aromatic N) is 1. The number of likely N-dealkylation sites (N-methyl/N-ethyl adjacent to an activating group) is 1. The number of unbranched alkanes of at least 4 members (excludes halogenated alkanes) is 9. The summed E-state index contributed by atoms with van der Waals surface area (Å²) < 4.78 is -0.312. The van der Waals surface area contributed by atoms with E-state index in [1.807, 2.05) is 6.92 Å². The Morgan fingerprint density at radius 1 is 0.773 bits per heavy atom. The van der Waals surface area contributed by atoms with Crippen LogP contribution in [-0.2, 0) is 0 Å². The van der Waals surface area contributed by atoms with Crippen molar-refractivity contribution in [1.29, 1.82) is 0 Å². The van der Waals surface area contributed by atoms with Gasteiger partial charge in [-0.15, -0.1) is 0 Å². The van der Waals surface area contributed by atoms with Gasteiger partial charge in [-0.05, 0) is 19.4 Å². The summed E-state index contributed by atoms with van der Waals surface area (Å²) in [5.74, 6) is 0. The molecule has 22 heavy (non-hydrogen) atoms. The minimum absolute atomic E-state index is 0.0139. The molecule has 0 fully saturated rings. The number of hydrogen-bond acceptors (Lipinski definition) is 3. The van der Waals surface area contributed by atoms with Gasteiger partial charge >= 0.3 is 0 Å². The van der Waals surface area contributed by atoms with Crippen molar-refractivity contribution in [2.75, 3.05) is 33.3 Å². The average Bonchev–Trinajstić information content (AvgIpc) is 2.46. The molecule has 1 atom stereocenters. The molecule has 136 valence electrons. The summed E-state index contributed by atoms with van der Waals surface area (Å²) in [6.07, 6.45) is 14.8. The van der Waals surface area contributed by atoms with Crippen LogP contribution in [-0.4, -0.2) is 43.0 Å². The lowest BCUT2D eigenvalue weighted by Gasteiger charge is -2.37. The fourth-order valence-electron chi connectivity index (χ4n) is 2.43. The smallest absolute Gasteiger partial charge is 0.102 e. The maximum Gasteiger partial charge on any atom is 0.102 e. The summed E-state index contributed by atoms with van der Waals surface area (Å²) in [7, 11) is 1.58. The van der Waals surface area contributed by atoms with Crippen molar-refractivity contribution in [3.05, 3.63) is 5.21 Å². The standard InChI is InChI=1S/C12H27N.C6H15NO2/c1-2-3-4-5-6-7-8-9-10-11-12-13;1-3-4-7(2,9)5-6-8/h2-13H2,1H3;8H,3-6H2,1-2H3. The molecule has 0 amide bonds. The van der Waals surface area contributed by atoms with Gasteiger partial charge in [0, 0.05) is 0 Å². The van der Waals surface area contributed by atoms with Gasteiger partial charge in [-0.2, -0.15) is 0 Å². The molecule has 0 aliphatic rings. The Morgan fingerprint density at radius 2 is 1.23 bits per heavy atom. The summed E-state index contributed by atoms with van der Waals surface area (Å²) in [5.41, 5.74) is 5.42. The van der Waals surface area contributed by atoms with E-state index in [-0.39, 0.29) is 11.3 Å². The highest BCUT2D eigenvalue weighted by molar-refractivity contribution is 4.47. The van der Waals surface area contributed by atoms with Crippen LogP contribution in [0.4, 0.5) is 0 Å². The third-order valence-corrected chi connectivity index (χ3v) is 3.83. The lowest BCUT2D eigenvalue weighted by molar-refractivity contribution is -0.861. The zero-order chi connectivity index (χ0) is 17.1. The molecule has 4 heteroatoms. The third kappa shape index (κ3) is 22.1. The van der Waals surface area contributed by atoms with Gasteiger partial charge in [0.15, 0.2) is 0 Å². The van der Waals surface area contributed by atoms with Gasteiger partial charge in [0.1, 0.15) is 6.54 Å². The second-order valence-corrected chi connectivity index (χ2v) is 6.44. The molecule has 0 radical (unpaired) electrons. The van der Waals surface area contributed by atoms with E-state index in [9.17, 15) is 5.21 Å². The van der Waals surface area contributed by atoms with Gasteiger partial charge in [0.05, 0.1) is 20.2 Å². The highest BCUT2D eigenvalue weighted by Crippen LogP contribution is 2.09. The number of nitrogens with two attached hydrogens (primary N) is 1. The van der Waals surface area contributed by atoms with Crippen LogP contribution in [0.3, 0.4) is 0 Å². The number of aliphatic hydroxyl groups is 1. The van der Waals surface area contributed by atoms with Crippen LogP contribution < -0.4 is 5.73 Å². The first-order valence-electron chi connectivity index (χ1n) is 9.40. The molecule has 1 unspecified atom stereocenters. The number of aliphatic hydroxyl groups excluding tert-OH is 1. The Morgan fingerprint density at radius 3 is 1.59 bits per heavy atom. The predicted molar refractivity (Wildman–Crippen MR) is 97.6 cm³/mol. The van der Waals surface area contributed by atoms with E-state index in [4.69, 9.17) is 10.8 Å². The highest BCUT2D eigenvalue weighted by Gasteiger charge is 2.05. The monoisotopic (exact) mass is 318 g/mol. The summed E-state index contributed by atoms with van der Waals surface area (Å²) in [4.78, 5) is 0. The topological polar surface area (TPSA) is 69.3 Å². The molecule has 0 aliphatic carbocycles. The van der Waals surface area contributed by atoms with Crippen molar-refractivity contribution in [2.24, 2.45) is 5.73 Å². The molecular weight excluding hydrogens is 276 g/mol. The van der Waals surface area contributed by atoms with Crippen molar-refractivity contribution in [2.45, 2.75) is 84.5 Å². The molecule has 0 bridgehead atoms. The van der Waals surface area contributed by atoms with E-state index in [0.717, 1.165) is 13.0 Å². The third-order valence-electron chi connectivity index (χ3n) is 3.83. The van der Waals surface area contributed by atoms with Gasteiger partial charge in [-0.1, -0.05) is 71.6 Å². The minimum Gasteiger partial charge on any atom is -0.633 e. The SMILES string of the molecule is CCCCCCCCCCCCN.CCC[N+](C)([O-])CCO. The van der Waals surface area contributed by atoms with Crippen LogP contribution in [0.15, 0.2) is 0 Å². The molecule has 3 N–H and O–H groups in total. The molecule has 0 aromatic carbocycles. The molecule has 0 spiro atoms. The summed E-state index contributed by atoms with van der Waals surface area (Å²) >= 11 is 0. The van der Waals surface area contributed by atoms with Gasteiger partial charge in [-0.25, -0.2) is 0 Å². The van der Waals surface area contributed by atoms with Crippen molar-refractivity contribution in [1.82, 2.24) is 0 Å². The van der Waals surface area contributed by atoms with E-state index in [1.165, 1.54) is 64.2 Å². The Hall–Kier alpha value is -0.160. The van der Waals surface area contributed by atoms with E-state index in [1.54, 1.807) is 7.05 Å². The first-order valence-corrected chi connectivity index (χ1v) is 9.40. The van der Waals surface area contributed by atoms with Crippen molar-refractivity contribution < 1.29 is 9.75 Å². The Kier molecular flexibility index (Phi) is 20.7. The van der Waals surface area contributed by atoms with Crippen LogP contribution >= 0.6 is 0 Å². The second kappa shape index (κ2) is 18.9. The fourth-order valence-corrected chi connectivity index (χ4v) is 2.43.